The van der Waals surface area contributed by atoms with Crippen molar-refractivity contribution < 1.29 is 19.4 Å². The molecule has 0 saturated carbocycles. The molecule has 0 aliphatic heterocycles. The molecule has 0 radical (unpaired) electrons. The molecular weight excluding hydrogens is 294 g/mol. The van der Waals surface area contributed by atoms with Crippen LogP contribution in [-0.2, 0) is 11.3 Å². The number of carbonyl (C=O) groups excluding carboxylic acids is 1. The first-order chi connectivity index (χ1) is 10.9. The summed E-state index contributed by atoms with van der Waals surface area (Å²) in [6.45, 7) is 2.62. The van der Waals surface area contributed by atoms with Crippen molar-refractivity contribution in [2.75, 3.05) is 19.1 Å². The van der Waals surface area contributed by atoms with Crippen LogP contribution in [0.4, 0.5) is 5.69 Å². The molecule has 0 fully saturated rings. The van der Waals surface area contributed by atoms with E-state index < -0.39 is 11.9 Å². The van der Waals surface area contributed by atoms with Gasteiger partial charge in [-0.05, 0) is 30.7 Å². The van der Waals surface area contributed by atoms with E-state index in [0.29, 0.717) is 12.2 Å². The molecule has 5 heteroatoms. The number of carbonyl (C=O) groups is 2. The van der Waals surface area contributed by atoms with Gasteiger partial charge in [-0.1, -0.05) is 29.8 Å². The zero-order valence-corrected chi connectivity index (χ0v) is 13.4. The minimum atomic E-state index is -1.08. The lowest BCUT2D eigenvalue weighted by molar-refractivity contribution is 0.0600. The average Bonchev–Trinajstić information content (AvgIpc) is 2.55. The van der Waals surface area contributed by atoms with E-state index in [1.54, 1.807) is 12.1 Å². The van der Waals surface area contributed by atoms with Crippen molar-refractivity contribution >= 4 is 17.6 Å². The van der Waals surface area contributed by atoms with Gasteiger partial charge in [0.05, 0.1) is 18.2 Å². The maximum atomic E-state index is 11.7. The average molecular weight is 313 g/mol. The zero-order valence-electron chi connectivity index (χ0n) is 13.4. The molecule has 2 rings (SSSR count). The van der Waals surface area contributed by atoms with Gasteiger partial charge < -0.3 is 14.7 Å². The van der Waals surface area contributed by atoms with Gasteiger partial charge in [0.15, 0.2) is 0 Å². The van der Waals surface area contributed by atoms with Gasteiger partial charge in [-0.15, -0.1) is 0 Å². The number of benzene rings is 2. The van der Waals surface area contributed by atoms with Crippen molar-refractivity contribution in [1.29, 1.82) is 0 Å². The molecule has 120 valence electrons. The number of carboxylic acids is 1. The summed E-state index contributed by atoms with van der Waals surface area (Å²) in [6.07, 6.45) is 0. The SMILES string of the molecule is COC(=O)c1cc(C(=O)O)cc(N(C)Cc2ccc(C)cc2)c1. The van der Waals surface area contributed by atoms with Gasteiger partial charge in [-0.3, -0.25) is 0 Å². The summed E-state index contributed by atoms with van der Waals surface area (Å²) in [5.41, 5.74) is 3.19. The molecule has 0 saturated heterocycles. The molecule has 2 aromatic carbocycles. The second-order valence-corrected chi connectivity index (χ2v) is 5.41. The minimum Gasteiger partial charge on any atom is -0.478 e. The Kier molecular flexibility index (Phi) is 5.01. The summed E-state index contributed by atoms with van der Waals surface area (Å²) < 4.78 is 4.69. The van der Waals surface area contributed by atoms with Crippen LogP contribution < -0.4 is 4.90 Å². The highest BCUT2D eigenvalue weighted by atomic mass is 16.5. The lowest BCUT2D eigenvalue weighted by Gasteiger charge is -2.20. The molecule has 0 aromatic heterocycles. The Balaban J connectivity index is 2.32. The number of anilines is 1. The second kappa shape index (κ2) is 6.96. The Morgan fingerprint density at radius 1 is 1.09 bits per heavy atom. The number of hydrogen-bond donors (Lipinski definition) is 1. The number of hydrogen-bond acceptors (Lipinski definition) is 4. The van der Waals surface area contributed by atoms with Crippen LogP contribution in [0.25, 0.3) is 0 Å². The van der Waals surface area contributed by atoms with Gasteiger partial charge in [0, 0.05) is 19.3 Å². The van der Waals surface area contributed by atoms with E-state index in [0.717, 1.165) is 5.56 Å². The highest BCUT2D eigenvalue weighted by Crippen LogP contribution is 2.21. The molecule has 0 bridgehead atoms. The predicted molar refractivity (Wildman–Crippen MR) is 88.0 cm³/mol. The molecule has 0 spiro atoms. The van der Waals surface area contributed by atoms with E-state index in [2.05, 4.69) is 4.74 Å². The van der Waals surface area contributed by atoms with Gasteiger partial charge in [0.2, 0.25) is 0 Å². The second-order valence-electron chi connectivity index (χ2n) is 5.41. The summed E-state index contributed by atoms with van der Waals surface area (Å²) >= 11 is 0. The Bertz CT molecular complexity index is 722. The monoisotopic (exact) mass is 313 g/mol. The van der Waals surface area contributed by atoms with Crippen molar-refractivity contribution in [3.63, 3.8) is 0 Å². The number of esters is 1. The summed E-state index contributed by atoms with van der Waals surface area (Å²) in [7, 11) is 3.12. The minimum absolute atomic E-state index is 0.0543. The molecule has 0 amide bonds. The third kappa shape index (κ3) is 4.10. The molecule has 1 N–H and O–H groups in total. The first kappa shape index (κ1) is 16.5. The smallest absolute Gasteiger partial charge is 0.337 e. The van der Waals surface area contributed by atoms with Crippen LogP contribution in [0, 0.1) is 6.92 Å². The van der Waals surface area contributed by atoms with Crippen LogP contribution >= 0.6 is 0 Å². The first-order valence-corrected chi connectivity index (χ1v) is 7.14. The van der Waals surface area contributed by atoms with E-state index in [-0.39, 0.29) is 11.1 Å². The maximum Gasteiger partial charge on any atom is 0.337 e. The topological polar surface area (TPSA) is 66.8 Å². The van der Waals surface area contributed by atoms with Gasteiger partial charge >= 0.3 is 11.9 Å². The molecule has 0 aliphatic rings. The van der Waals surface area contributed by atoms with Crippen molar-refractivity contribution in [2.24, 2.45) is 0 Å². The number of carboxylic acid groups (broad SMARTS) is 1. The van der Waals surface area contributed by atoms with E-state index in [1.165, 1.54) is 18.7 Å². The Hall–Kier alpha value is -2.82. The van der Waals surface area contributed by atoms with Crippen LogP contribution in [0.2, 0.25) is 0 Å². The maximum absolute atomic E-state index is 11.7. The van der Waals surface area contributed by atoms with Crippen LogP contribution in [-0.4, -0.2) is 31.2 Å². The molecular formula is C18H19NO4. The highest BCUT2D eigenvalue weighted by molar-refractivity contribution is 5.96. The van der Waals surface area contributed by atoms with Gasteiger partial charge in [0.25, 0.3) is 0 Å². The quantitative estimate of drug-likeness (QED) is 0.859. The Labute approximate surface area is 135 Å². The summed E-state index contributed by atoms with van der Waals surface area (Å²) in [5.74, 6) is -1.64. The fraction of sp³-hybridized carbons (Fsp3) is 0.222. The molecule has 2 aromatic rings. The van der Waals surface area contributed by atoms with E-state index in [4.69, 9.17) is 0 Å². The van der Waals surface area contributed by atoms with Crippen molar-refractivity contribution in [3.8, 4) is 0 Å². The summed E-state index contributed by atoms with van der Waals surface area (Å²) in [6, 6.07) is 12.6. The number of nitrogens with zero attached hydrogens (tertiary/aromatic N) is 1. The van der Waals surface area contributed by atoms with Crippen molar-refractivity contribution in [3.05, 3.63) is 64.7 Å². The first-order valence-electron chi connectivity index (χ1n) is 7.14. The number of rotatable bonds is 5. The summed E-state index contributed by atoms with van der Waals surface area (Å²) in [5, 5.41) is 9.22. The number of methoxy groups -OCH3 is 1. The van der Waals surface area contributed by atoms with Crippen LogP contribution in [0.5, 0.6) is 0 Å². The molecule has 0 unspecified atom stereocenters. The Morgan fingerprint density at radius 3 is 2.26 bits per heavy atom. The lowest BCUT2D eigenvalue weighted by atomic mass is 10.1. The summed E-state index contributed by atoms with van der Waals surface area (Å²) in [4.78, 5) is 24.9. The lowest BCUT2D eigenvalue weighted by Crippen LogP contribution is -2.18. The van der Waals surface area contributed by atoms with Crippen LogP contribution in [0.3, 0.4) is 0 Å². The van der Waals surface area contributed by atoms with Gasteiger partial charge in [-0.2, -0.15) is 0 Å². The predicted octanol–water partition coefficient (Wildman–Crippen LogP) is 3.12. The van der Waals surface area contributed by atoms with Crippen LogP contribution in [0.1, 0.15) is 31.8 Å². The normalized spacial score (nSPS) is 10.2. The number of ether oxygens (including phenoxy) is 1. The number of aromatic carboxylic acids is 1. The van der Waals surface area contributed by atoms with Crippen LogP contribution in [0.15, 0.2) is 42.5 Å². The fourth-order valence-corrected chi connectivity index (χ4v) is 2.25. The van der Waals surface area contributed by atoms with Gasteiger partial charge in [0.1, 0.15) is 0 Å². The van der Waals surface area contributed by atoms with Crippen molar-refractivity contribution in [2.45, 2.75) is 13.5 Å². The number of aryl methyl sites for hydroxylation is 1. The van der Waals surface area contributed by atoms with Crippen molar-refractivity contribution in [1.82, 2.24) is 0 Å². The molecule has 0 aliphatic carbocycles. The van der Waals surface area contributed by atoms with E-state index in [1.807, 2.05) is 43.1 Å². The highest BCUT2D eigenvalue weighted by Gasteiger charge is 2.14. The van der Waals surface area contributed by atoms with E-state index in [9.17, 15) is 14.7 Å². The van der Waals surface area contributed by atoms with E-state index >= 15 is 0 Å². The molecule has 5 nitrogen and oxygen atoms in total. The third-order valence-electron chi connectivity index (χ3n) is 3.57. The zero-order chi connectivity index (χ0) is 17.0. The largest absolute Gasteiger partial charge is 0.478 e. The molecule has 23 heavy (non-hydrogen) atoms. The molecule has 0 heterocycles. The molecule has 0 atom stereocenters. The Morgan fingerprint density at radius 2 is 1.70 bits per heavy atom. The fourth-order valence-electron chi connectivity index (χ4n) is 2.25. The third-order valence-corrected chi connectivity index (χ3v) is 3.57. The van der Waals surface area contributed by atoms with Gasteiger partial charge in [-0.25, -0.2) is 9.59 Å². The standard InChI is InChI=1S/C18H19NO4/c1-12-4-6-13(7-5-12)11-19(2)16-9-14(17(20)21)8-15(10-16)18(22)23-3/h4-10H,11H2,1-3H3,(H,20,21).